The molecule has 0 aliphatic heterocycles. The fourth-order valence-corrected chi connectivity index (χ4v) is 5.06. The lowest BCUT2D eigenvalue weighted by Crippen LogP contribution is -2.46. The highest BCUT2D eigenvalue weighted by Crippen LogP contribution is 2.43. The standard InChI is InChI=1S/C24H31NO/c1-26-21-13-12-19-16-20-10-6-3-7-11-22(23(19)17-21)24(20)25-15-14-18-8-4-2-5-9-18/h2,4-5,8-9,12-13,17,20,22,24-25H,3,6-7,10-11,14-16H2,1H3/t20-,22+,24-/m0/s1. The second kappa shape index (κ2) is 8.26. The van der Waals surface area contributed by atoms with Crippen molar-refractivity contribution in [1.82, 2.24) is 5.32 Å². The molecule has 2 heteroatoms. The summed E-state index contributed by atoms with van der Waals surface area (Å²) in [5, 5.41) is 3.98. The number of benzene rings is 2. The van der Waals surface area contributed by atoms with Crippen LogP contribution in [0.1, 0.15) is 54.7 Å². The van der Waals surface area contributed by atoms with Crippen LogP contribution >= 0.6 is 0 Å². The number of hydrogen-bond acceptors (Lipinski definition) is 2. The van der Waals surface area contributed by atoms with Crippen LogP contribution in [0, 0.1) is 5.92 Å². The van der Waals surface area contributed by atoms with Gasteiger partial charge in [0.15, 0.2) is 0 Å². The van der Waals surface area contributed by atoms with Crippen molar-refractivity contribution in [2.75, 3.05) is 13.7 Å². The molecule has 2 nitrogen and oxygen atoms in total. The molecule has 1 saturated carbocycles. The fourth-order valence-electron chi connectivity index (χ4n) is 5.06. The Labute approximate surface area is 158 Å². The Morgan fingerprint density at radius 2 is 1.85 bits per heavy atom. The van der Waals surface area contributed by atoms with Crippen LogP contribution in [-0.4, -0.2) is 19.7 Å². The highest BCUT2D eigenvalue weighted by atomic mass is 16.5. The second-order valence-corrected chi connectivity index (χ2v) is 7.99. The molecule has 0 unspecified atom stereocenters. The number of fused-ring (bicyclic) bond motifs is 4. The molecule has 2 aromatic carbocycles. The van der Waals surface area contributed by atoms with E-state index in [0.717, 1.165) is 24.6 Å². The van der Waals surface area contributed by atoms with Gasteiger partial charge in [0.2, 0.25) is 0 Å². The molecule has 2 bridgehead atoms. The molecule has 0 heterocycles. The van der Waals surface area contributed by atoms with Crippen LogP contribution in [0.5, 0.6) is 5.75 Å². The smallest absolute Gasteiger partial charge is 0.119 e. The topological polar surface area (TPSA) is 21.3 Å². The number of rotatable bonds is 5. The molecule has 1 fully saturated rings. The van der Waals surface area contributed by atoms with Gasteiger partial charge in [-0.1, -0.05) is 55.7 Å². The van der Waals surface area contributed by atoms with Gasteiger partial charge in [-0.25, -0.2) is 0 Å². The third kappa shape index (κ3) is 3.81. The van der Waals surface area contributed by atoms with Crippen molar-refractivity contribution in [1.29, 1.82) is 0 Å². The molecule has 3 atom stereocenters. The first-order valence-corrected chi connectivity index (χ1v) is 10.3. The van der Waals surface area contributed by atoms with Crippen molar-refractivity contribution in [3.05, 3.63) is 65.2 Å². The van der Waals surface area contributed by atoms with Gasteiger partial charge >= 0.3 is 0 Å². The summed E-state index contributed by atoms with van der Waals surface area (Å²) in [5.74, 6) is 2.42. The van der Waals surface area contributed by atoms with E-state index in [0.29, 0.717) is 12.0 Å². The minimum atomic E-state index is 0.610. The number of methoxy groups -OCH3 is 1. The number of nitrogens with one attached hydrogen (secondary N) is 1. The van der Waals surface area contributed by atoms with Crippen molar-refractivity contribution < 1.29 is 4.74 Å². The van der Waals surface area contributed by atoms with Gasteiger partial charge in [-0.05, 0) is 72.9 Å². The van der Waals surface area contributed by atoms with Crippen LogP contribution in [0.2, 0.25) is 0 Å². The average Bonchev–Trinajstić information content (AvgIpc) is 2.68. The Hall–Kier alpha value is -1.80. The maximum Gasteiger partial charge on any atom is 0.119 e. The fraction of sp³-hybridized carbons (Fsp3) is 0.500. The van der Waals surface area contributed by atoms with Gasteiger partial charge < -0.3 is 10.1 Å². The van der Waals surface area contributed by atoms with Gasteiger partial charge in [0.05, 0.1) is 7.11 Å². The van der Waals surface area contributed by atoms with Gasteiger partial charge in [0.1, 0.15) is 5.75 Å². The van der Waals surface area contributed by atoms with Crippen LogP contribution in [-0.2, 0) is 12.8 Å². The third-order valence-corrected chi connectivity index (χ3v) is 6.40. The van der Waals surface area contributed by atoms with Gasteiger partial charge in [0, 0.05) is 6.04 Å². The largest absolute Gasteiger partial charge is 0.497 e. The molecule has 0 aromatic heterocycles. The van der Waals surface area contributed by atoms with E-state index in [1.54, 1.807) is 18.2 Å². The lowest BCUT2D eigenvalue weighted by molar-refractivity contribution is 0.237. The zero-order chi connectivity index (χ0) is 17.8. The first kappa shape index (κ1) is 17.6. The predicted octanol–water partition coefficient (Wildman–Crippen LogP) is 5.12. The summed E-state index contributed by atoms with van der Waals surface area (Å²) in [6, 6.07) is 18.2. The van der Waals surface area contributed by atoms with E-state index in [1.165, 1.54) is 44.1 Å². The van der Waals surface area contributed by atoms with Gasteiger partial charge in [-0.2, -0.15) is 0 Å². The summed E-state index contributed by atoms with van der Waals surface area (Å²) in [4.78, 5) is 0. The molecule has 0 radical (unpaired) electrons. The third-order valence-electron chi connectivity index (χ3n) is 6.40. The first-order valence-electron chi connectivity index (χ1n) is 10.3. The highest BCUT2D eigenvalue weighted by Gasteiger charge is 2.36. The maximum absolute atomic E-state index is 5.53. The van der Waals surface area contributed by atoms with Crippen molar-refractivity contribution in [3.8, 4) is 5.75 Å². The molecular weight excluding hydrogens is 318 g/mol. The van der Waals surface area contributed by atoms with Gasteiger partial charge in [0.25, 0.3) is 0 Å². The Kier molecular flexibility index (Phi) is 5.59. The molecule has 0 amide bonds. The lowest BCUT2D eigenvalue weighted by Gasteiger charge is -2.42. The predicted molar refractivity (Wildman–Crippen MR) is 108 cm³/mol. The normalized spacial score (nSPS) is 25.0. The van der Waals surface area contributed by atoms with Crippen molar-refractivity contribution in [2.45, 2.75) is 56.9 Å². The molecule has 4 rings (SSSR count). The Morgan fingerprint density at radius 3 is 2.69 bits per heavy atom. The minimum absolute atomic E-state index is 0.610. The summed E-state index contributed by atoms with van der Waals surface area (Å²) in [7, 11) is 1.78. The zero-order valence-electron chi connectivity index (χ0n) is 15.9. The molecule has 2 aliphatic rings. The van der Waals surface area contributed by atoms with Crippen molar-refractivity contribution in [3.63, 3.8) is 0 Å². The molecule has 26 heavy (non-hydrogen) atoms. The van der Waals surface area contributed by atoms with E-state index in [1.807, 2.05) is 0 Å². The first-order chi connectivity index (χ1) is 12.8. The highest BCUT2D eigenvalue weighted by molar-refractivity contribution is 5.41. The lowest BCUT2D eigenvalue weighted by atomic mass is 9.68. The molecule has 2 aliphatic carbocycles. The van der Waals surface area contributed by atoms with Crippen LogP contribution < -0.4 is 10.1 Å². The quantitative estimate of drug-likeness (QED) is 0.809. The molecule has 0 saturated heterocycles. The minimum Gasteiger partial charge on any atom is -0.497 e. The summed E-state index contributed by atoms with van der Waals surface area (Å²) >= 11 is 0. The van der Waals surface area contributed by atoms with Gasteiger partial charge in [-0.3, -0.25) is 0 Å². The summed E-state index contributed by atoms with van der Waals surface area (Å²) in [6.45, 7) is 1.07. The average molecular weight is 350 g/mol. The summed E-state index contributed by atoms with van der Waals surface area (Å²) < 4.78 is 5.53. The van der Waals surface area contributed by atoms with E-state index in [2.05, 4.69) is 53.8 Å². The number of hydrogen-bond donors (Lipinski definition) is 1. The molecule has 138 valence electrons. The number of ether oxygens (including phenoxy) is 1. The van der Waals surface area contributed by atoms with E-state index in [4.69, 9.17) is 4.74 Å². The molecule has 2 aromatic rings. The van der Waals surface area contributed by atoms with E-state index in [-0.39, 0.29) is 0 Å². The Morgan fingerprint density at radius 1 is 1.00 bits per heavy atom. The monoisotopic (exact) mass is 349 g/mol. The van der Waals surface area contributed by atoms with Crippen molar-refractivity contribution in [2.24, 2.45) is 5.92 Å². The Bertz CT molecular complexity index is 711. The van der Waals surface area contributed by atoms with Gasteiger partial charge in [-0.15, -0.1) is 0 Å². The summed E-state index contributed by atoms with van der Waals surface area (Å²) in [6.07, 6.45) is 9.14. The van der Waals surface area contributed by atoms with Crippen LogP contribution in [0.4, 0.5) is 0 Å². The maximum atomic E-state index is 5.53. The van der Waals surface area contributed by atoms with Crippen LogP contribution in [0.15, 0.2) is 48.5 Å². The van der Waals surface area contributed by atoms with E-state index >= 15 is 0 Å². The van der Waals surface area contributed by atoms with Crippen LogP contribution in [0.3, 0.4) is 0 Å². The van der Waals surface area contributed by atoms with Crippen molar-refractivity contribution >= 4 is 0 Å². The molecule has 0 spiro atoms. The second-order valence-electron chi connectivity index (χ2n) is 7.99. The summed E-state index contributed by atoms with van der Waals surface area (Å²) in [5.41, 5.74) is 4.53. The van der Waals surface area contributed by atoms with E-state index in [9.17, 15) is 0 Å². The van der Waals surface area contributed by atoms with Crippen LogP contribution in [0.25, 0.3) is 0 Å². The molecule has 1 N–H and O–H groups in total. The molecular formula is C24H31NO. The van der Waals surface area contributed by atoms with E-state index < -0.39 is 0 Å². The SMILES string of the molecule is COc1ccc2c(c1)[C@H]1CCCCC[C@@H](C2)[C@@H]1NCCc1ccccc1. The Balaban J connectivity index is 1.53. The zero-order valence-corrected chi connectivity index (χ0v) is 15.9.